The second kappa shape index (κ2) is 9.30. The molecule has 1 aliphatic heterocycles. The Balaban J connectivity index is 1.27. The van der Waals surface area contributed by atoms with Gasteiger partial charge in [0.05, 0.1) is 10.9 Å². The summed E-state index contributed by atoms with van der Waals surface area (Å²) in [5.41, 5.74) is 1.54. The van der Waals surface area contributed by atoms with Crippen molar-refractivity contribution in [3.8, 4) is 0 Å². The summed E-state index contributed by atoms with van der Waals surface area (Å²) in [6.45, 7) is 0. The first kappa shape index (κ1) is 23.3. The predicted octanol–water partition coefficient (Wildman–Crippen LogP) is 1.56. The minimum Gasteiger partial charge on any atom is -0.337 e. The van der Waals surface area contributed by atoms with Crippen molar-refractivity contribution in [2.75, 3.05) is 22.4 Å². The van der Waals surface area contributed by atoms with Gasteiger partial charge in [0.1, 0.15) is 17.7 Å². The minimum absolute atomic E-state index is 0.0448. The molecule has 3 aromatic rings. The number of sulfonamides is 1. The molecule has 5 rings (SSSR count). The van der Waals surface area contributed by atoms with Crippen LogP contribution in [0.15, 0.2) is 47.5 Å². The number of likely N-dealkylation sites (N-methyl/N-ethyl adjacent to an activating group) is 1. The lowest BCUT2D eigenvalue weighted by atomic mass is 10.1. The number of hydrogen-bond donors (Lipinski definition) is 3. The van der Waals surface area contributed by atoms with E-state index in [4.69, 9.17) is 0 Å². The molecule has 0 saturated heterocycles. The van der Waals surface area contributed by atoms with Gasteiger partial charge in [-0.15, -0.1) is 16.9 Å². The predicted molar refractivity (Wildman–Crippen MR) is 131 cm³/mol. The van der Waals surface area contributed by atoms with Gasteiger partial charge in [0, 0.05) is 36.4 Å². The SMILES string of the molecule is CN1C(=O)[C@@H](NC(=O)c2n[nH]c(Cc3ccccc3)n2)CSc2cnc(NS(=O)(=O)C3CC3)cc21. The fraction of sp³-hybridized carbons (Fsp3) is 0.318. The largest absolute Gasteiger partial charge is 0.337 e. The molecule has 1 fully saturated rings. The number of hydrogen-bond acceptors (Lipinski definition) is 8. The van der Waals surface area contributed by atoms with Crippen LogP contribution in [-0.2, 0) is 21.2 Å². The molecule has 1 aliphatic carbocycles. The third kappa shape index (κ3) is 5.15. The van der Waals surface area contributed by atoms with Crippen LogP contribution in [0, 0.1) is 0 Å². The Labute approximate surface area is 206 Å². The Kier molecular flexibility index (Phi) is 6.19. The van der Waals surface area contributed by atoms with Gasteiger partial charge >= 0.3 is 0 Å². The molecule has 0 spiro atoms. The van der Waals surface area contributed by atoms with Gasteiger partial charge in [-0.25, -0.2) is 18.4 Å². The molecular formula is C22H23N7O4S2. The van der Waals surface area contributed by atoms with Crippen molar-refractivity contribution < 1.29 is 18.0 Å². The molecule has 3 heterocycles. The van der Waals surface area contributed by atoms with E-state index in [1.165, 1.54) is 28.9 Å². The Bertz CT molecular complexity index is 1370. The first-order valence-electron chi connectivity index (χ1n) is 11.0. The third-order valence-corrected chi connectivity index (χ3v) is 8.68. The molecule has 1 aromatic carbocycles. The molecule has 1 saturated carbocycles. The van der Waals surface area contributed by atoms with Crippen molar-refractivity contribution in [3.63, 3.8) is 0 Å². The van der Waals surface area contributed by atoms with Gasteiger partial charge in [0.2, 0.25) is 21.8 Å². The third-order valence-electron chi connectivity index (χ3n) is 5.71. The van der Waals surface area contributed by atoms with E-state index < -0.39 is 22.0 Å². The summed E-state index contributed by atoms with van der Waals surface area (Å²) in [4.78, 5) is 36.5. The highest BCUT2D eigenvalue weighted by molar-refractivity contribution is 7.99. The summed E-state index contributed by atoms with van der Waals surface area (Å²) in [5, 5.41) is 9.09. The topological polar surface area (TPSA) is 150 Å². The minimum atomic E-state index is -3.48. The maximum absolute atomic E-state index is 13.1. The van der Waals surface area contributed by atoms with Crippen LogP contribution in [0.25, 0.3) is 0 Å². The van der Waals surface area contributed by atoms with Crippen molar-refractivity contribution in [1.29, 1.82) is 0 Å². The van der Waals surface area contributed by atoms with Crippen molar-refractivity contribution >= 4 is 45.1 Å². The zero-order chi connectivity index (χ0) is 24.6. The number of carbonyl (C=O) groups is 2. The molecule has 0 radical (unpaired) electrons. The van der Waals surface area contributed by atoms with E-state index in [0.29, 0.717) is 35.7 Å². The summed E-state index contributed by atoms with van der Waals surface area (Å²) in [6, 6.07) is 10.4. The lowest BCUT2D eigenvalue weighted by molar-refractivity contribution is -0.119. The van der Waals surface area contributed by atoms with Gasteiger partial charge in [0.25, 0.3) is 5.91 Å². The highest BCUT2D eigenvalue weighted by atomic mass is 32.2. The van der Waals surface area contributed by atoms with Crippen LogP contribution < -0.4 is 14.9 Å². The molecule has 2 aromatic heterocycles. The first-order valence-corrected chi connectivity index (χ1v) is 13.5. The number of nitrogens with zero attached hydrogens (tertiary/aromatic N) is 4. The number of fused-ring (bicyclic) bond motifs is 1. The zero-order valence-corrected chi connectivity index (χ0v) is 20.4. The van der Waals surface area contributed by atoms with Crippen LogP contribution in [0.4, 0.5) is 11.5 Å². The molecule has 182 valence electrons. The molecule has 0 bridgehead atoms. The average molecular weight is 514 g/mol. The maximum atomic E-state index is 13.1. The average Bonchev–Trinajstić information content (AvgIpc) is 3.63. The molecule has 35 heavy (non-hydrogen) atoms. The smallest absolute Gasteiger partial charge is 0.291 e. The molecule has 2 amide bonds. The summed E-state index contributed by atoms with van der Waals surface area (Å²) in [7, 11) is -1.90. The second-order valence-electron chi connectivity index (χ2n) is 8.39. The summed E-state index contributed by atoms with van der Waals surface area (Å²) in [5.74, 6) is 0.0287. The first-order chi connectivity index (χ1) is 16.8. The number of anilines is 2. The Morgan fingerprint density at radius 1 is 1.26 bits per heavy atom. The van der Waals surface area contributed by atoms with Gasteiger partial charge < -0.3 is 10.2 Å². The van der Waals surface area contributed by atoms with Crippen molar-refractivity contribution in [3.05, 3.63) is 59.8 Å². The Morgan fingerprint density at radius 3 is 2.77 bits per heavy atom. The number of pyridine rings is 1. The van der Waals surface area contributed by atoms with E-state index in [2.05, 4.69) is 30.2 Å². The quantitative estimate of drug-likeness (QED) is 0.431. The maximum Gasteiger partial charge on any atom is 0.291 e. The van der Waals surface area contributed by atoms with Gasteiger partial charge in [-0.3, -0.25) is 19.4 Å². The number of benzene rings is 1. The highest BCUT2D eigenvalue weighted by Crippen LogP contribution is 2.36. The normalized spacial score (nSPS) is 18.0. The highest BCUT2D eigenvalue weighted by Gasteiger charge is 2.36. The number of H-pyrrole nitrogens is 1. The molecule has 11 nitrogen and oxygen atoms in total. The number of carbonyl (C=O) groups excluding carboxylic acids is 2. The van der Waals surface area contributed by atoms with E-state index in [-0.39, 0.29) is 28.6 Å². The Hall–Kier alpha value is -3.45. The molecule has 0 unspecified atom stereocenters. The van der Waals surface area contributed by atoms with Gasteiger partial charge in [-0.2, -0.15) is 0 Å². The number of amides is 2. The lowest BCUT2D eigenvalue weighted by Crippen LogP contribution is -2.48. The van der Waals surface area contributed by atoms with Crippen LogP contribution in [0.5, 0.6) is 0 Å². The van der Waals surface area contributed by atoms with Crippen LogP contribution >= 0.6 is 11.8 Å². The Morgan fingerprint density at radius 2 is 2.03 bits per heavy atom. The fourth-order valence-corrected chi connectivity index (χ4v) is 6.03. The standard InChI is InChI=1S/C22H23N7O4S2/c1-29-16-10-18(28-35(32,33)14-7-8-14)23-11-17(16)34-12-15(22(29)31)24-21(30)20-25-19(26-27-20)9-13-5-3-2-4-6-13/h2-6,10-11,14-15H,7-9,12H2,1H3,(H,23,28)(H,24,30)(H,25,26,27)/t15-/m0/s1. The number of aromatic nitrogens is 4. The number of aromatic amines is 1. The van der Waals surface area contributed by atoms with E-state index in [0.717, 1.165) is 5.56 Å². The van der Waals surface area contributed by atoms with Gasteiger partial charge in [-0.1, -0.05) is 30.3 Å². The fourth-order valence-electron chi connectivity index (χ4n) is 3.66. The second-order valence-corrected chi connectivity index (χ2v) is 11.4. The number of thioether (sulfide) groups is 1. The molecule has 1 atom stereocenters. The summed E-state index contributed by atoms with van der Waals surface area (Å²) >= 11 is 1.35. The van der Waals surface area contributed by atoms with Crippen molar-refractivity contribution in [1.82, 2.24) is 25.5 Å². The van der Waals surface area contributed by atoms with E-state index in [1.807, 2.05) is 30.3 Å². The van der Waals surface area contributed by atoms with Crippen LogP contribution in [0.3, 0.4) is 0 Å². The van der Waals surface area contributed by atoms with Crippen LogP contribution in [-0.4, -0.2) is 64.5 Å². The van der Waals surface area contributed by atoms with Crippen LogP contribution in [0.1, 0.15) is 34.8 Å². The lowest BCUT2D eigenvalue weighted by Gasteiger charge is -2.21. The van der Waals surface area contributed by atoms with E-state index in [1.54, 1.807) is 7.05 Å². The van der Waals surface area contributed by atoms with Gasteiger partial charge in [0.15, 0.2) is 0 Å². The van der Waals surface area contributed by atoms with E-state index >= 15 is 0 Å². The number of rotatable bonds is 7. The summed E-state index contributed by atoms with van der Waals surface area (Å²) < 4.78 is 27.0. The van der Waals surface area contributed by atoms with Crippen molar-refractivity contribution in [2.24, 2.45) is 0 Å². The summed E-state index contributed by atoms with van der Waals surface area (Å²) in [6.07, 6.45) is 3.30. The van der Waals surface area contributed by atoms with Crippen molar-refractivity contribution in [2.45, 2.75) is 35.4 Å². The molecule has 13 heteroatoms. The van der Waals surface area contributed by atoms with Gasteiger partial charge in [-0.05, 0) is 18.4 Å². The van der Waals surface area contributed by atoms with E-state index in [9.17, 15) is 18.0 Å². The molecular weight excluding hydrogens is 490 g/mol. The van der Waals surface area contributed by atoms with Crippen LogP contribution in [0.2, 0.25) is 0 Å². The number of nitrogens with one attached hydrogen (secondary N) is 3. The molecule has 2 aliphatic rings. The monoisotopic (exact) mass is 513 g/mol. The molecule has 3 N–H and O–H groups in total. The zero-order valence-electron chi connectivity index (χ0n) is 18.8.